The van der Waals surface area contributed by atoms with Crippen LogP contribution in [0.1, 0.15) is 29.8 Å². The maximum absolute atomic E-state index is 13.2. The van der Waals surface area contributed by atoms with Gasteiger partial charge in [0.2, 0.25) is 0 Å². The van der Waals surface area contributed by atoms with Crippen LogP contribution in [0.2, 0.25) is 0 Å². The molecule has 0 unspecified atom stereocenters. The fraction of sp³-hybridized carbons (Fsp3) is 0.348. The summed E-state index contributed by atoms with van der Waals surface area (Å²) in [4.78, 5) is 15.6. The van der Waals surface area contributed by atoms with Gasteiger partial charge in [0.25, 0.3) is 5.56 Å². The van der Waals surface area contributed by atoms with Crippen molar-refractivity contribution in [1.29, 1.82) is 0 Å². The number of rotatable bonds is 4. The summed E-state index contributed by atoms with van der Waals surface area (Å²) in [6.45, 7) is 6.33. The highest BCUT2D eigenvalue weighted by Gasteiger charge is 2.31. The molecule has 0 N–H and O–H groups in total. The first-order valence-electron chi connectivity index (χ1n) is 9.81. The van der Waals surface area contributed by atoms with Gasteiger partial charge >= 0.3 is 0 Å². The molecule has 2 heterocycles. The third kappa shape index (κ3) is 4.04. The molecule has 1 aliphatic heterocycles. The molecule has 0 aliphatic carbocycles. The topological polar surface area (TPSA) is 39.4 Å². The third-order valence-electron chi connectivity index (χ3n) is 5.85. The van der Waals surface area contributed by atoms with Crippen LogP contribution in [0, 0.1) is 6.92 Å². The van der Waals surface area contributed by atoms with E-state index < -0.39 is 0 Å². The minimum Gasteiger partial charge on any atom is -0.371 e. The Morgan fingerprint density at radius 3 is 2.31 bits per heavy atom. The zero-order valence-electron chi connectivity index (χ0n) is 17.1. The second-order valence-corrected chi connectivity index (χ2v) is 7.45. The van der Waals surface area contributed by atoms with Gasteiger partial charge in [-0.05, 0) is 31.5 Å². The highest BCUT2D eigenvalue weighted by molar-refractivity contribution is 5.85. The summed E-state index contributed by atoms with van der Waals surface area (Å²) >= 11 is 0. The van der Waals surface area contributed by atoms with Crippen molar-refractivity contribution in [2.75, 3.05) is 13.2 Å². The van der Waals surface area contributed by atoms with E-state index in [1.54, 1.807) is 4.68 Å². The minimum absolute atomic E-state index is 0. The lowest BCUT2D eigenvalue weighted by Gasteiger charge is -2.39. The molecule has 1 aliphatic rings. The number of ether oxygens (including phenoxy) is 1. The van der Waals surface area contributed by atoms with E-state index in [4.69, 9.17) is 4.74 Å². The van der Waals surface area contributed by atoms with Crippen LogP contribution in [-0.2, 0) is 18.3 Å². The summed E-state index contributed by atoms with van der Waals surface area (Å²) in [5.74, 6) is 0. The van der Waals surface area contributed by atoms with E-state index in [9.17, 15) is 4.79 Å². The molecule has 3 aromatic rings. The van der Waals surface area contributed by atoms with Crippen LogP contribution in [0.25, 0.3) is 5.69 Å². The Morgan fingerprint density at radius 2 is 1.66 bits per heavy atom. The zero-order chi connectivity index (χ0) is 19.7. The van der Waals surface area contributed by atoms with Gasteiger partial charge < -0.3 is 4.74 Å². The van der Waals surface area contributed by atoms with E-state index in [1.165, 1.54) is 5.56 Å². The zero-order valence-corrected chi connectivity index (χ0v) is 17.9. The highest BCUT2D eigenvalue weighted by atomic mass is 35.5. The summed E-state index contributed by atoms with van der Waals surface area (Å²) in [5.41, 5.74) is 3.99. The monoisotopic (exact) mass is 413 g/mol. The Hall–Kier alpha value is -2.34. The molecule has 2 aromatic carbocycles. The number of hydrogen-bond acceptors (Lipinski definition) is 3. The van der Waals surface area contributed by atoms with E-state index >= 15 is 0 Å². The predicted molar refractivity (Wildman–Crippen MR) is 118 cm³/mol. The smallest absolute Gasteiger partial charge is 0.276 e. The van der Waals surface area contributed by atoms with Gasteiger partial charge in [-0.2, -0.15) is 0 Å². The van der Waals surface area contributed by atoms with E-state index in [0.717, 1.165) is 23.5 Å². The van der Waals surface area contributed by atoms with Crippen molar-refractivity contribution in [3.05, 3.63) is 87.8 Å². The molecule has 6 heteroatoms. The Kier molecular flexibility index (Phi) is 6.63. The first-order valence-corrected chi connectivity index (χ1v) is 9.81. The summed E-state index contributed by atoms with van der Waals surface area (Å²) in [5, 5.41) is 0. The summed E-state index contributed by atoms with van der Waals surface area (Å²) in [6, 6.07) is 20.3. The first-order chi connectivity index (χ1) is 13.6. The average Bonchev–Trinajstić information content (AvgIpc) is 2.94. The van der Waals surface area contributed by atoms with E-state index in [1.807, 2.05) is 67.2 Å². The number of para-hydroxylation sites is 1. The number of aromatic nitrogens is 2. The van der Waals surface area contributed by atoms with Crippen molar-refractivity contribution in [3.63, 3.8) is 0 Å². The molecule has 0 radical (unpaired) electrons. The largest absolute Gasteiger partial charge is 0.371 e. The number of benzene rings is 2. The van der Waals surface area contributed by atoms with Crippen molar-refractivity contribution in [3.8, 4) is 5.69 Å². The Bertz CT molecular complexity index is 998. The standard InChI is InChI=1S/C23H27N3O2.ClH/c1-17-21(23(27)26(24(17)3)20-12-8-5-9-13-20)16-25-14-15-28-22(18(25)2)19-10-6-4-7-11-19;/h4-13,18,22H,14-16H2,1-3H3;1H/t18-,22+;/m0./s1. The third-order valence-corrected chi connectivity index (χ3v) is 5.85. The summed E-state index contributed by atoms with van der Waals surface area (Å²) in [7, 11) is 1.95. The van der Waals surface area contributed by atoms with Crippen LogP contribution in [-0.4, -0.2) is 33.5 Å². The second-order valence-electron chi connectivity index (χ2n) is 7.45. The molecule has 4 rings (SSSR count). The lowest BCUT2D eigenvalue weighted by atomic mass is 10.00. The molecule has 1 saturated heterocycles. The molecule has 2 atom stereocenters. The van der Waals surface area contributed by atoms with Crippen molar-refractivity contribution in [1.82, 2.24) is 14.3 Å². The van der Waals surface area contributed by atoms with Crippen molar-refractivity contribution in [2.45, 2.75) is 32.5 Å². The van der Waals surface area contributed by atoms with Crippen molar-refractivity contribution < 1.29 is 4.74 Å². The van der Waals surface area contributed by atoms with Crippen LogP contribution in [0.5, 0.6) is 0 Å². The van der Waals surface area contributed by atoms with E-state index in [2.05, 4.69) is 24.0 Å². The van der Waals surface area contributed by atoms with Gasteiger partial charge in [-0.3, -0.25) is 14.4 Å². The van der Waals surface area contributed by atoms with Gasteiger partial charge in [-0.15, -0.1) is 12.4 Å². The van der Waals surface area contributed by atoms with Crippen molar-refractivity contribution >= 4 is 12.4 Å². The molecule has 5 nitrogen and oxygen atoms in total. The maximum atomic E-state index is 13.2. The molecule has 1 fully saturated rings. The van der Waals surface area contributed by atoms with Crippen LogP contribution >= 0.6 is 12.4 Å². The van der Waals surface area contributed by atoms with Crippen LogP contribution < -0.4 is 5.56 Å². The van der Waals surface area contributed by atoms with Gasteiger partial charge in [0.1, 0.15) is 0 Å². The fourth-order valence-electron chi connectivity index (χ4n) is 4.08. The van der Waals surface area contributed by atoms with Gasteiger partial charge in [-0.25, -0.2) is 4.68 Å². The van der Waals surface area contributed by atoms with Crippen LogP contribution in [0.4, 0.5) is 0 Å². The molecule has 0 amide bonds. The number of hydrogen-bond donors (Lipinski definition) is 0. The molecule has 0 saturated carbocycles. The van der Waals surface area contributed by atoms with E-state index in [-0.39, 0.29) is 30.1 Å². The number of morpholine rings is 1. The lowest BCUT2D eigenvalue weighted by Crippen LogP contribution is -2.45. The Labute approximate surface area is 177 Å². The molecular weight excluding hydrogens is 386 g/mol. The molecule has 0 spiro atoms. The quantitative estimate of drug-likeness (QED) is 0.651. The number of nitrogens with zero attached hydrogens (tertiary/aromatic N) is 3. The molecule has 29 heavy (non-hydrogen) atoms. The molecular formula is C23H28ClN3O2. The van der Waals surface area contributed by atoms with Gasteiger partial charge in [0, 0.05) is 31.9 Å². The van der Waals surface area contributed by atoms with Gasteiger partial charge in [0.15, 0.2) is 0 Å². The molecule has 154 valence electrons. The highest BCUT2D eigenvalue weighted by Crippen LogP contribution is 2.29. The normalized spacial score (nSPS) is 19.7. The maximum Gasteiger partial charge on any atom is 0.276 e. The van der Waals surface area contributed by atoms with Gasteiger partial charge in [-0.1, -0.05) is 48.5 Å². The fourth-order valence-corrected chi connectivity index (χ4v) is 4.08. The minimum atomic E-state index is 0. The predicted octanol–water partition coefficient (Wildman–Crippen LogP) is 3.87. The molecule has 1 aromatic heterocycles. The van der Waals surface area contributed by atoms with Crippen molar-refractivity contribution in [2.24, 2.45) is 7.05 Å². The molecule has 0 bridgehead atoms. The first kappa shape index (κ1) is 21.4. The lowest BCUT2D eigenvalue weighted by molar-refractivity contribution is -0.0704. The van der Waals surface area contributed by atoms with Crippen LogP contribution in [0.15, 0.2) is 65.5 Å². The van der Waals surface area contributed by atoms with E-state index in [0.29, 0.717) is 13.2 Å². The second kappa shape index (κ2) is 8.99. The van der Waals surface area contributed by atoms with Crippen LogP contribution in [0.3, 0.4) is 0 Å². The van der Waals surface area contributed by atoms with Gasteiger partial charge in [0.05, 0.1) is 24.0 Å². The number of halogens is 1. The Morgan fingerprint density at radius 1 is 1.03 bits per heavy atom. The Balaban J connectivity index is 0.00000240. The summed E-state index contributed by atoms with van der Waals surface area (Å²) in [6.07, 6.45) is 0.0234. The summed E-state index contributed by atoms with van der Waals surface area (Å²) < 4.78 is 9.78. The average molecular weight is 414 g/mol. The SMILES string of the molecule is Cc1c(CN2CCO[C@@H](c3ccccc3)[C@@H]2C)c(=O)n(-c2ccccc2)n1C.Cl.